The van der Waals surface area contributed by atoms with E-state index in [2.05, 4.69) is 9.97 Å². The smallest absolute Gasteiger partial charge is 0.248 e. The number of aromatic amines is 1. The summed E-state index contributed by atoms with van der Waals surface area (Å²) >= 11 is 0. The van der Waals surface area contributed by atoms with Crippen molar-refractivity contribution in [2.24, 2.45) is 0 Å². The number of aromatic nitrogens is 2. The highest BCUT2D eigenvalue weighted by atomic mass is 16.1. The number of hydrogen-bond acceptors (Lipinski definition) is 2. The number of H-pyrrole nitrogens is 1. The van der Waals surface area contributed by atoms with Crippen LogP contribution in [0.2, 0.25) is 0 Å². The van der Waals surface area contributed by atoms with Gasteiger partial charge in [-0.05, 0) is 18.2 Å². The summed E-state index contributed by atoms with van der Waals surface area (Å²) in [5, 5.41) is 0. The summed E-state index contributed by atoms with van der Waals surface area (Å²) < 4.78 is 0. The monoisotopic (exact) mass is 172 g/mol. The first kappa shape index (κ1) is 7.73. The Morgan fingerprint density at radius 1 is 1.15 bits per heavy atom. The Morgan fingerprint density at radius 2 is 2.08 bits per heavy atom. The number of nitrogens with one attached hydrogen (secondary N) is 1. The lowest BCUT2D eigenvalue weighted by molar-refractivity contribution is 1.22. The van der Waals surface area contributed by atoms with Crippen LogP contribution < -0.4 is 5.56 Å². The summed E-state index contributed by atoms with van der Waals surface area (Å²) in [6, 6.07) is 8.79. The van der Waals surface area contributed by atoms with E-state index in [1.54, 1.807) is 18.5 Å². The second-order valence-electron chi connectivity index (χ2n) is 2.67. The molecule has 0 atom stereocenters. The zero-order valence-corrected chi connectivity index (χ0v) is 6.90. The standard InChI is InChI=1S/C10H8N2O/c13-10-5-1-4-9(12-10)8-3-2-6-11-7-8/h1-7H,(H,12,13). The van der Waals surface area contributed by atoms with E-state index < -0.39 is 0 Å². The van der Waals surface area contributed by atoms with Gasteiger partial charge in [-0.25, -0.2) is 0 Å². The highest BCUT2D eigenvalue weighted by molar-refractivity contribution is 5.56. The van der Waals surface area contributed by atoms with E-state index in [0.717, 1.165) is 11.3 Å². The molecule has 0 bridgehead atoms. The van der Waals surface area contributed by atoms with Crippen molar-refractivity contribution >= 4 is 0 Å². The first-order valence-electron chi connectivity index (χ1n) is 3.96. The van der Waals surface area contributed by atoms with Crippen LogP contribution in [-0.2, 0) is 0 Å². The zero-order chi connectivity index (χ0) is 9.10. The molecule has 3 nitrogen and oxygen atoms in total. The van der Waals surface area contributed by atoms with E-state index in [9.17, 15) is 4.79 Å². The van der Waals surface area contributed by atoms with Gasteiger partial charge in [0.2, 0.25) is 5.56 Å². The van der Waals surface area contributed by atoms with Crippen LogP contribution in [0.1, 0.15) is 0 Å². The van der Waals surface area contributed by atoms with E-state index >= 15 is 0 Å². The third-order valence-electron chi connectivity index (χ3n) is 1.74. The normalized spacial score (nSPS) is 9.85. The van der Waals surface area contributed by atoms with Gasteiger partial charge in [-0.15, -0.1) is 0 Å². The molecule has 64 valence electrons. The molecule has 0 saturated heterocycles. The molecular weight excluding hydrogens is 164 g/mol. The van der Waals surface area contributed by atoms with Crippen LogP contribution in [0.4, 0.5) is 0 Å². The fourth-order valence-electron chi connectivity index (χ4n) is 1.14. The Morgan fingerprint density at radius 3 is 2.77 bits per heavy atom. The van der Waals surface area contributed by atoms with Gasteiger partial charge in [-0.2, -0.15) is 0 Å². The third-order valence-corrected chi connectivity index (χ3v) is 1.74. The van der Waals surface area contributed by atoms with E-state index in [-0.39, 0.29) is 5.56 Å². The molecule has 0 radical (unpaired) electrons. The predicted octanol–water partition coefficient (Wildman–Crippen LogP) is 1.44. The fourth-order valence-corrected chi connectivity index (χ4v) is 1.14. The fraction of sp³-hybridized carbons (Fsp3) is 0. The van der Waals surface area contributed by atoms with Gasteiger partial charge in [0.05, 0.1) is 0 Å². The summed E-state index contributed by atoms with van der Waals surface area (Å²) in [4.78, 5) is 17.7. The van der Waals surface area contributed by atoms with Crippen molar-refractivity contribution in [3.63, 3.8) is 0 Å². The third kappa shape index (κ3) is 1.64. The van der Waals surface area contributed by atoms with Gasteiger partial charge in [0.25, 0.3) is 0 Å². The molecule has 0 amide bonds. The van der Waals surface area contributed by atoms with Crippen molar-refractivity contribution in [2.75, 3.05) is 0 Å². The van der Waals surface area contributed by atoms with Gasteiger partial charge in [0.15, 0.2) is 0 Å². The summed E-state index contributed by atoms with van der Waals surface area (Å²) in [7, 11) is 0. The lowest BCUT2D eigenvalue weighted by Gasteiger charge is -1.98. The zero-order valence-electron chi connectivity index (χ0n) is 6.90. The Kier molecular flexibility index (Phi) is 1.92. The quantitative estimate of drug-likeness (QED) is 0.707. The molecule has 0 aliphatic carbocycles. The highest BCUT2D eigenvalue weighted by Crippen LogP contribution is 2.11. The molecule has 0 spiro atoms. The number of rotatable bonds is 1. The lowest BCUT2D eigenvalue weighted by Crippen LogP contribution is -2.03. The largest absolute Gasteiger partial charge is 0.322 e. The van der Waals surface area contributed by atoms with Gasteiger partial charge in [0, 0.05) is 29.7 Å². The van der Waals surface area contributed by atoms with E-state index in [0.29, 0.717) is 0 Å². The van der Waals surface area contributed by atoms with Gasteiger partial charge in [-0.3, -0.25) is 9.78 Å². The maximum absolute atomic E-state index is 11.0. The van der Waals surface area contributed by atoms with Crippen LogP contribution in [0.3, 0.4) is 0 Å². The summed E-state index contributed by atoms with van der Waals surface area (Å²) in [6.07, 6.45) is 3.41. The first-order chi connectivity index (χ1) is 6.36. The van der Waals surface area contributed by atoms with E-state index in [1.165, 1.54) is 6.07 Å². The number of pyridine rings is 2. The van der Waals surface area contributed by atoms with Crippen LogP contribution in [0, 0.1) is 0 Å². The van der Waals surface area contributed by atoms with Crippen molar-refractivity contribution in [3.05, 3.63) is 53.1 Å². The minimum absolute atomic E-state index is 0.0960. The van der Waals surface area contributed by atoms with Gasteiger partial charge in [0.1, 0.15) is 0 Å². The molecule has 0 aliphatic rings. The van der Waals surface area contributed by atoms with Gasteiger partial charge < -0.3 is 4.98 Å². The van der Waals surface area contributed by atoms with Gasteiger partial charge >= 0.3 is 0 Å². The molecule has 0 saturated carbocycles. The Hall–Kier alpha value is -1.90. The second kappa shape index (κ2) is 3.23. The summed E-state index contributed by atoms with van der Waals surface area (Å²) in [5.41, 5.74) is 1.61. The Bertz CT molecular complexity index is 448. The van der Waals surface area contributed by atoms with Crippen molar-refractivity contribution in [1.82, 2.24) is 9.97 Å². The van der Waals surface area contributed by atoms with Gasteiger partial charge in [-0.1, -0.05) is 6.07 Å². The minimum atomic E-state index is -0.0960. The molecule has 0 unspecified atom stereocenters. The van der Waals surface area contributed by atoms with Crippen molar-refractivity contribution in [3.8, 4) is 11.3 Å². The van der Waals surface area contributed by atoms with Crippen LogP contribution >= 0.6 is 0 Å². The van der Waals surface area contributed by atoms with Crippen LogP contribution in [0.25, 0.3) is 11.3 Å². The molecule has 2 heterocycles. The highest BCUT2D eigenvalue weighted by Gasteiger charge is 1.95. The van der Waals surface area contributed by atoms with Crippen molar-refractivity contribution in [2.45, 2.75) is 0 Å². The predicted molar refractivity (Wildman–Crippen MR) is 50.3 cm³/mol. The molecule has 3 heteroatoms. The first-order valence-corrected chi connectivity index (χ1v) is 3.96. The molecule has 0 aliphatic heterocycles. The average Bonchev–Trinajstić information content (AvgIpc) is 2.19. The number of hydrogen-bond donors (Lipinski definition) is 1. The second-order valence-corrected chi connectivity index (χ2v) is 2.67. The number of nitrogens with zero attached hydrogens (tertiary/aromatic N) is 1. The molecule has 2 aromatic rings. The molecule has 2 rings (SSSR count). The maximum atomic E-state index is 11.0. The van der Waals surface area contributed by atoms with E-state index in [4.69, 9.17) is 0 Å². The molecule has 13 heavy (non-hydrogen) atoms. The topological polar surface area (TPSA) is 45.8 Å². The summed E-state index contributed by atoms with van der Waals surface area (Å²) in [5.74, 6) is 0. The molecule has 2 aromatic heterocycles. The van der Waals surface area contributed by atoms with E-state index in [1.807, 2.05) is 18.2 Å². The SMILES string of the molecule is O=c1cccc(-c2cccnc2)[nH]1. The molecule has 1 N–H and O–H groups in total. The van der Waals surface area contributed by atoms with Crippen LogP contribution in [0.15, 0.2) is 47.5 Å². The molecule has 0 fully saturated rings. The average molecular weight is 172 g/mol. The van der Waals surface area contributed by atoms with Crippen LogP contribution in [-0.4, -0.2) is 9.97 Å². The van der Waals surface area contributed by atoms with Crippen molar-refractivity contribution < 1.29 is 0 Å². The minimum Gasteiger partial charge on any atom is -0.322 e. The lowest BCUT2D eigenvalue weighted by atomic mass is 10.2. The maximum Gasteiger partial charge on any atom is 0.248 e. The Labute approximate surface area is 75.1 Å². The van der Waals surface area contributed by atoms with Crippen molar-refractivity contribution in [1.29, 1.82) is 0 Å². The molecule has 0 aromatic carbocycles. The molecular formula is C10H8N2O. The summed E-state index contributed by atoms with van der Waals surface area (Å²) in [6.45, 7) is 0. The Balaban J connectivity index is 2.54. The van der Waals surface area contributed by atoms with Crippen LogP contribution in [0.5, 0.6) is 0 Å².